The molecule has 2 heterocycles. The Kier molecular flexibility index (Phi) is 6.08. The third-order valence-corrected chi connectivity index (χ3v) is 4.98. The number of anilines is 1. The van der Waals surface area contributed by atoms with Crippen LogP contribution in [0.2, 0.25) is 0 Å². The van der Waals surface area contributed by atoms with Crippen molar-refractivity contribution in [3.8, 4) is 6.07 Å². The molecule has 0 unspecified atom stereocenters. The molecule has 8 heteroatoms. The summed E-state index contributed by atoms with van der Waals surface area (Å²) in [7, 11) is 0. The fourth-order valence-corrected chi connectivity index (χ4v) is 2.72. The predicted octanol–water partition coefficient (Wildman–Crippen LogP) is 1.80. The number of hydrogen-bond acceptors (Lipinski definition) is 5. The van der Waals surface area contributed by atoms with Crippen LogP contribution >= 0.6 is 0 Å². The van der Waals surface area contributed by atoms with Crippen molar-refractivity contribution in [2.75, 3.05) is 11.9 Å². The average molecular weight is 371 g/mol. The number of nitrogens with two attached hydrogens (primary N) is 1. The SMILES string of the molecule is CC[C@@](C)(NCC(=O)Nc1c(C#N)c(C)c(C)n1Cc1ccco1)C(N)=O. The van der Waals surface area contributed by atoms with Crippen molar-refractivity contribution in [1.29, 1.82) is 5.26 Å². The molecule has 0 bridgehead atoms. The molecule has 0 aromatic carbocycles. The van der Waals surface area contributed by atoms with Gasteiger partial charge in [-0.3, -0.25) is 14.9 Å². The fraction of sp³-hybridized carbons (Fsp3) is 0.421. The van der Waals surface area contributed by atoms with Gasteiger partial charge in [0.1, 0.15) is 17.6 Å². The highest BCUT2D eigenvalue weighted by Crippen LogP contribution is 2.27. The molecule has 0 aliphatic heterocycles. The summed E-state index contributed by atoms with van der Waals surface area (Å²) in [5.74, 6) is 0.223. The molecule has 144 valence electrons. The van der Waals surface area contributed by atoms with Gasteiger partial charge in [-0.2, -0.15) is 5.26 Å². The second-order valence-corrected chi connectivity index (χ2v) is 6.66. The number of primary amides is 1. The zero-order valence-electron chi connectivity index (χ0n) is 16.0. The molecule has 2 rings (SSSR count). The van der Waals surface area contributed by atoms with Crippen LogP contribution in [0, 0.1) is 25.2 Å². The molecule has 27 heavy (non-hydrogen) atoms. The Bertz CT molecular complexity index is 876. The molecule has 4 N–H and O–H groups in total. The molecule has 0 saturated heterocycles. The Morgan fingerprint density at radius 1 is 1.41 bits per heavy atom. The molecule has 0 aliphatic rings. The molecule has 8 nitrogen and oxygen atoms in total. The maximum atomic E-state index is 12.5. The van der Waals surface area contributed by atoms with Crippen molar-refractivity contribution in [2.24, 2.45) is 5.73 Å². The van der Waals surface area contributed by atoms with Gasteiger partial charge in [0.15, 0.2) is 0 Å². The monoisotopic (exact) mass is 371 g/mol. The molecule has 0 radical (unpaired) electrons. The second kappa shape index (κ2) is 8.10. The first kappa shape index (κ1) is 20.3. The van der Waals surface area contributed by atoms with E-state index in [0.29, 0.717) is 30.1 Å². The van der Waals surface area contributed by atoms with Gasteiger partial charge in [-0.1, -0.05) is 6.92 Å². The lowest BCUT2D eigenvalue weighted by Crippen LogP contribution is -2.54. The quantitative estimate of drug-likeness (QED) is 0.652. The maximum Gasteiger partial charge on any atom is 0.239 e. The van der Waals surface area contributed by atoms with E-state index in [0.717, 1.165) is 11.3 Å². The number of carbonyl (C=O) groups excluding carboxylic acids is 2. The topological polar surface area (TPSA) is 126 Å². The summed E-state index contributed by atoms with van der Waals surface area (Å²) in [6.45, 7) is 7.46. The highest BCUT2D eigenvalue weighted by atomic mass is 16.3. The molecular formula is C19H25N5O3. The number of rotatable bonds is 8. The average Bonchev–Trinajstić information content (AvgIpc) is 3.22. The number of nitrogens with zero attached hydrogens (tertiary/aromatic N) is 2. The highest BCUT2D eigenvalue weighted by Gasteiger charge is 2.29. The molecule has 2 amide bonds. The van der Waals surface area contributed by atoms with Crippen molar-refractivity contribution in [3.05, 3.63) is 41.0 Å². The number of aromatic nitrogens is 1. The highest BCUT2D eigenvalue weighted by molar-refractivity contribution is 5.94. The van der Waals surface area contributed by atoms with Gasteiger partial charge in [0, 0.05) is 5.69 Å². The minimum atomic E-state index is -0.975. The molecule has 2 aromatic rings. The summed E-state index contributed by atoms with van der Waals surface area (Å²) in [5, 5.41) is 15.2. The van der Waals surface area contributed by atoms with Crippen molar-refractivity contribution in [1.82, 2.24) is 9.88 Å². The van der Waals surface area contributed by atoms with Crippen molar-refractivity contribution in [3.63, 3.8) is 0 Å². The predicted molar refractivity (Wildman–Crippen MR) is 101 cm³/mol. The van der Waals surface area contributed by atoms with Gasteiger partial charge in [-0.05, 0) is 44.9 Å². The standard InChI is InChI=1S/C19H25N5O3/c1-5-19(4,18(21)26)22-10-16(25)23-17-15(9-20)12(2)13(3)24(17)11-14-7-6-8-27-14/h6-8,22H,5,10-11H2,1-4H3,(H2,21,26)(H,23,25)/t19-/m1/s1. The van der Waals surface area contributed by atoms with E-state index in [-0.39, 0.29) is 12.5 Å². The number of nitrogens with one attached hydrogen (secondary N) is 2. The van der Waals surface area contributed by atoms with E-state index in [2.05, 4.69) is 16.7 Å². The van der Waals surface area contributed by atoms with E-state index < -0.39 is 11.4 Å². The lowest BCUT2D eigenvalue weighted by Gasteiger charge is -2.25. The van der Waals surface area contributed by atoms with Crippen molar-refractivity contribution in [2.45, 2.75) is 46.2 Å². The summed E-state index contributed by atoms with van der Waals surface area (Å²) < 4.78 is 7.22. The molecule has 2 aromatic heterocycles. The van der Waals surface area contributed by atoms with Crippen LogP contribution in [0.3, 0.4) is 0 Å². The van der Waals surface area contributed by atoms with Gasteiger partial charge in [-0.15, -0.1) is 0 Å². The third-order valence-electron chi connectivity index (χ3n) is 4.98. The molecule has 1 atom stereocenters. The van der Waals surface area contributed by atoms with E-state index in [9.17, 15) is 14.9 Å². The third kappa shape index (κ3) is 4.20. The second-order valence-electron chi connectivity index (χ2n) is 6.66. The van der Waals surface area contributed by atoms with E-state index >= 15 is 0 Å². The summed E-state index contributed by atoms with van der Waals surface area (Å²) in [6.07, 6.45) is 2.02. The van der Waals surface area contributed by atoms with Crippen LogP contribution in [0.25, 0.3) is 0 Å². The first-order valence-corrected chi connectivity index (χ1v) is 8.70. The lowest BCUT2D eigenvalue weighted by molar-refractivity contribution is -0.124. The summed E-state index contributed by atoms with van der Waals surface area (Å²) in [6, 6.07) is 5.76. The van der Waals surface area contributed by atoms with Gasteiger partial charge in [0.25, 0.3) is 0 Å². The van der Waals surface area contributed by atoms with Gasteiger partial charge in [0.2, 0.25) is 11.8 Å². The van der Waals surface area contributed by atoms with E-state index in [1.54, 1.807) is 19.3 Å². The minimum absolute atomic E-state index is 0.109. The molecule has 0 aliphatic carbocycles. The Morgan fingerprint density at radius 3 is 2.63 bits per heavy atom. The summed E-state index contributed by atoms with van der Waals surface area (Å²) in [4.78, 5) is 24.0. The zero-order valence-corrected chi connectivity index (χ0v) is 16.0. The van der Waals surface area contributed by atoms with Crippen LogP contribution in [0.5, 0.6) is 0 Å². The lowest BCUT2D eigenvalue weighted by atomic mass is 9.98. The molecular weight excluding hydrogens is 346 g/mol. The van der Waals surface area contributed by atoms with Crippen LogP contribution in [0.1, 0.15) is 42.8 Å². The van der Waals surface area contributed by atoms with Crippen LogP contribution in [0.15, 0.2) is 22.8 Å². The first-order valence-electron chi connectivity index (χ1n) is 8.70. The molecule has 0 saturated carbocycles. The largest absolute Gasteiger partial charge is 0.467 e. The number of nitriles is 1. The Labute approximate surface area is 158 Å². The number of amides is 2. The van der Waals surface area contributed by atoms with Gasteiger partial charge >= 0.3 is 0 Å². The van der Waals surface area contributed by atoms with Gasteiger partial charge in [0.05, 0.1) is 30.5 Å². The molecule has 0 spiro atoms. The Balaban J connectivity index is 2.24. The normalized spacial score (nSPS) is 13.0. The van der Waals surface area contributed by atoms with Gasteiger partial charge in [-0.25, -0.2) is 0 Å². The number of furan rings is 1. The van der Waals surface area contributed by atoms with Gasteiger partial charge < -0.3 is 20.0 Å². The number of hydrogen-bond donors (Lipinski definition) is 3. The van der Waals surface area contributed by atoms with E-state index in [1.807, 2.05) is 31.4 Å². The first-order chi connectivity index (χ1) is 12.7. The van der Waals surface area contributed by atoms with Crippen molar-refractivity contribution >= 4 is 17.6 Å². The Morgan fingerprint density at radius 2 is 2.11 bits per heavy atom. The number of carbonyl (C=O) groups is 2. The summed E-state index contributed by atoms with van der Waals surface area (Å²) >= 11 is 0. The maximum absolute atomic E-state index is 12.5. The van der Waals surface area contributed by atoms with E-state index in [1.165, 1.54) is 0 Å². The zero-order chi connectivity index (χ0) is 20.2. The van der Waals surface area contributed by atoms with Crippen molar-refractivity contribution < 1.29 is 14.0 Å². The summed E-state index contributed by atoms with van der Waals surface area (Å²) in [5.41, 5.74) is 6.48. The van der Waals surface area contributed by atoms with Crippen LogP contribution in [0.4, 0.5) is 5.82 Å². The van der Waals surface area contributed by atoms with Crippen LogP contribution in [-0.4, -0.2) is 28.5 Å². The Hall–Kier alpha value is -3.05. The fourth-order valence-electron chi connectivity index (χ4n) is 2.72. The van der Waals surface area contributed by atoms with Crippen LogP contribution < -0.4 is 16.4 Å². The van der Waals surface area contributed by atoms with E-state index in [4.69, 9.17) is 10.2 Å². The smallest absolute Gasteiger partial charge is 0.239 e. The van der Waals surface area contributed by atoms with Crippen LogP contribution in [-0.2, 0) is 16.1 Å². The molecule has 0 fully saturated rings. The minimum Gasteiger partial charge on any atom is -0.467 e.